The molecule has 0 bridgehead atoms. The molecule has 1 aromatic carbocycles. The second kappa shape index (κ2) is 4.96. The number of hydrogen-bond acceptors (Lipinski definition) is 4. The van der Waals surface area contributed by atoms with Gasteiger partial charge in [0.05, 0.1) is 5.52 Å². The number of fused-ring (bicyclic) bond motifs is 1. The molecule has 0 spiro atoms. The zero-order chi connectivity index (χ0) is 13.3. The lowest BCUT2D eigenvalue weighted by molar-refractivity contribution is 0.428. The van der Waals surface area contributed by atoms with Gasteiger partial charge in [-0.25, -0.2) is 4.79 Å². The molecule has 0 aliphatic carbocycles. The highest BCUT2D eigenvalue weighted by molar-refractivity contribution is 5.73. The highest BCUT2D eigenvalue weighted by Gasteiger charge is 2.17. The molecule has 5 heteroatoms. The van der Waals surface area contributed by atoms with E-state index >= 15 is 0 Å². The first-order valence-corrected chi connectivity index (χ1v) is 6.13. The molecule has 5 nitrogen and oxygen atoms in total. The quantitative estimate of drug-likeness (QED) is 0.850. The van der Waals surface area contributed by atoms with Crippen molar-refractivity contribution in [3.05, 3.63) is 34.3 Å². The van der Waals surface area contributed by atoms with Crippen molar-refractivity contribution in [1.82, 2.24) is 4.57 Å². The molecule has 2 rings (SSSR count). The maximum absolute atomic E-state index is 11.4. The van der Waals surface area contributed by atoms with Crippen LogP contribution in [-0.4, -0.2) is 11.1 Å². The molecule has 2 aromatic rings. The van der Waals surface area contributed by atoms with Gasteiger partial charge in [-0.3, -0.25) is 4.57 Å². The van der Waals surface area contributed by atoms with Crippen molar-refractivity contribution in [2.75, 3.05) is 6.54 Å². The molecule has 2 atom stereocenters. The number of hydrogen-bond donors (Lipinski definition) is 2. The van der Waals surface area contributed by atoms with E-state index in [0.29, 0.717) is 12.1 Å². The number of aryl methyl sites for hydroxylation is 1. The van der Waals surface area contributed by atoms with Gasteiger partial charge in [0.2, 0.25) is 0 Å². The number of rotatable bonds is 4. The second-order valence-corrected chi connectivity index (χ2v) is 4.58. The summed E-state index contributed by atoms with van der Waals surface area (Å²) in [7, 11) is 1.68. The van der Waals surface area contributed by atoms with Gasteiger partial charge >= 0.3 is 5.76 Å². The van der Waals surface area contributed by atoms with Gasteiger partial charge in [-0.05, 0) is 30.2 Å². The van der Waals surface area contributed by atoms with Crippen LogP contribution in [0, 0.1) is 5.92 Å². The normalized spacial score (nSPS) is 14.9. The molecule has 0 aliphatic heterocycles. The average Bonchev–Trinajstić information content (AvgIpc) is 2.66. The molecule has 0 radical (unpaired) electrons. The summed E-state index contributed by atoms with van der Waals surface area (Å²) >= 11 is 0. The third kappa shape index (κ3) is 2.07. The summed E-state index contributed by atoms with van der Waals surface area (Å²) in [4.78, 5) is 11.4. The highest BCUT2D eigenvalue weighted by Crippen LogP contribution is 2.24. The minimum absolute atomic E-state index is 0.130. The fraction of sp³-hybridized carbons (Fsp3) is 0.462. The van der Waals surface area contributed by atoms with Crippen LogP contribution >= 0.6 is 0 Å². The van der Waals surface area contributed by atoms with Gasteiger partial charge in [0, 0.05) is 13.1 Å². The van der Waals surface area contributed by atoms with Crippen LogP contribution in [0.25, 0.3) is 11.1 Å². The molecule has 1 aromatic heterocycles. The Bertz CT molecular complexity index is 596. The molecule has 0 fully saturated rings. The fourth-order valence-electron chi connectivity index (χ4n) is 2.20. The Labute approximate surface area is 105 Å². The van der Waals surface area contributed by atoms with Gasteiger partial charge in [0.25, 0.3) is 0 Å². The van der Waals surface area contributed by atoms with Crippen LogP contribution in [0.3, 0.4) is 0 Å². The van der Waals surface area contributed by atoms with E-state index in [-0.39, 0.29) is 17.7 Å². The van der Waals surface area contributed by atoms with Gasteiger partial charge in [0.1, 0.15) is 0 Å². The van der Waals surface area contributed by atoms with Gasteiger partial charge in [-0.1, -0.05) is 19.4 Å². The Morgan fingerprint density at radius 1 is 1.44 bits per heavy atom. The standard InChI is InChI=1S/C13H19N3O2/c1-3-8(7-14)12(15)9-4-5-10-11(6-9)18-13(17)16(10)2/h4-6,8,12H,3,7,14-15H2,1-2H3. The second-order valence-electron chi connectivity index (χ2n) is 4.58. The first kappa shape index (κ1) is 12.9. The van der Waals surface area contributed by atoms with E-state index in [1.54, 1.807) is 7.05 Å². The number of benzene rings is 1. The van der Waals surface area contributed by atoms with E-state index in [1.165, 1.54) is 4.57 Å². The van der Waals surface area contributed by atoms with Gasteiger partial charge < -0.3 is 15.9 Å². The third-order valence-corrected chi connectivity index (χ3v) is 3.54. The Morgan fingerprint density at radius 2 is 2.17 bits per heavy atom. The Kier molecular flexibility index (Phi) is 3.54. The Hall–Kier alpha value is -1.59. The number of nitrogens with zero attached hydrogens (tertiary/aromatic N) is 1. The first-order valence-electron chi connectivity index (χ1n) is 6.13. The predicted octanol–water partition coefficient (Wildman–Crippen LogP) is 1.12. The topological polar surface area (TPSA) is 87.2 Å². The first-order chi connectivity index (χ1) is 8.58. The summed E-state index contributed by atoms with van der Waals surface area (Å²) in [6, 6.07) is 5.49. The summed E-state index contributed by atoms with van der Waals surface area (Å²) in [5, 5.41) is 0. The van der Waals surface area contributed by atoms with E-state index in [2.05, 4.69) is 6.92 Å². The molecule has 0 amide bonds. The van der Waals surface area contributed by atoms with Gasteiger partial charge in [-0.2, -0.15) is 0 Å². The summed E-state index contributed by atoms with van der Waals surface area (Å²) < 4.78 is 6.63. The summed E-state index contributed by atoms with van der Waals surface area (Å²) in [6.45, 7) is 2.62. The Balaban J connectivity index is 2.44. The summed E-state index contributed by atoms with van der Waals surface area (Å²) in [5.74, 6) is -0.125. The highest BCUT2D eigenvalue weighted by atomic mass is 16.4. The lowest BCUT2D eigenvalue weighted by Gasteiger charge is -2.21. The van der Waals surface area contributed by atoms with Crippen molar-refractivity contribution in [1.29, 1.82) is 0 Å². The number of nitrogens with two attached hydrogens (primary N) is 2. The van der Waals surface area contributed by atoms with Gasteiger partial charge in [0.15, 0.2) is 5.58 Å². The molecular formula is C13H19N3O2. The monoisotopic (exact) mass is 249 g/mol. The van der Waals surface area contributed by atoms with Crippen LogP contribution in [0.5, 0.6) is 0 Å². The molecule has 0 saturated carbocycles. The summed E-state index contributed by atoms with van der Waals surface area (Å²) in [6.07, 6.45) is 0.925. The molecule has 4 N–H and O–H groups in total. The van der Waals surface area contributed by atoms with Crippen molar-refractivity contribution < 1.29 is 4.42 Å². The Morgan fingerprint density at radius 3 is 2.78 bits per heavy atom. The van der Waals surface area contributed by atoms with Crippen molar-refractivity contribution >= 4 is 11.1 Å². The predicted molar refractivity (Wildman–Crippen MR) is 71.2 cm³/mol. The van der Waals surface area contributed by atoms with E-state index in [0.717, 1.165) is 17.5 Å². The minimum Gasteiger partial charge on any atom is -0.408 e. The smallest absolute Gasteiger partial charge is 0.408 e. The number of aromatic nitrogens is 1. The average molecular weight is 249 g/mol. The van der Waals surface area contributed by atoms with Crippen LogP contribution in [0.1, 0.15) is 24.9 Å². The molecule has 0 saturated heterocycles. The van der Waals surface area contributed by atoms with Crippen LogP contribution in [0.4, 0.5) is 0 Å². The molecule has 0 aliphatic rings. The minimum atomic E-state index is -0.360. The van der Waals surface area contributed by atoms with E-state index < -0.39 is 0 Å². The van der Waals surface area contributed by atoms with Crippen molar-refractivity contribution in [3.8, 4) is 0 Å². The maximum Gasteiger partial charge on any atom is 0.419 e. The molecule has 1 heterocycles. The zero-order valence-electron chi connectivity index (χ0n) is 10.7. The van der Waals surface area contributed by atoms with Crippen molar-refractivity contribution in [2.24, 2.45) is 24.4 Å². The number of oxazole rings is 1. The largest absolute Gasteiger partial charge is 0.419 e. The molecule has 98 valence electrons. The molecule has 2 unspecified atom stereocenters. The molecular weight excluding hydrogens is 230 g/mol. The fourth-order valence-corrected chi connectivity index (χ4v) is 2.20. The van der Waals surface area contributed by atoms with Crippen LogP contribution in [0.15, 0.2) is 27.4 Å². The summed E-state index contributed by atoms with van der Waals surface area (Å²) in [5.41, 5.74) is 14.2. The van der Waals surface area contributed by atoms with Crippen molar-refractivity contribution in [3.63, 3.8) is 0 Å². The van der Waals surface area contributed by atoms with E-state index in [1.807, 2.05) is 18.2 Å². The maximum atomic E-state index is 11.4. The third-order valence-electron chi connectivity index (χ3n) is 3.54. The SMILES string of the molecule is CCC(CN)C(N)c1ccc2c(c1)oc(=O)n2C. The van der Waals surface area contributed by atoms with Crippen molar-refractivity contribution in [2.45, 2.75) is 19.4 Å². The van der Waals surface area contributed by atoms with E-state index in [9.17, 15) is 4.79 Å². The lowest BCUT2D eigenvalue weighted by Crippen LogP contribution is -2.27. The van der Waals surface area contributed by atoms with Crippen LogP contribution in [0.2, 0.25) is 0 Å². The van der Waals surface area contributed by atoms with Crippen LogP contribution in [-0.2, 0) is 7.05 Å². The van der Waals surface area contributed by atoms with E-state index in [4.69, 9.17) is 15.9 Å². The van der Waals surface area contributed by atoms with Gasteiger partial charge in [-0.15, -0.1) is 0 Å². The van der Waals surface area contributed by atoms with Crippen LogP contribution < -0.4 is 17.2 Å². The zero-order valence-corrected chi connectivity index (χ0v) is 10.7. The molecule has 18 heavy (non-hydrogen) atoms. The lowest BCUT2D eigenvalue weighted by atomic mass is 9.91.